The van der Waals surface area contributed by atoms with Crippen molar-refractivity contribution in [2.45, 2.75) is 19.6 Å². The Bertz CT molecular complexity index is 535. The molecule has 1 N–H and O–H groups in total. The van der Waals surface area contributed by atoms with Crippen molar-refractivity contribution >= 4 is 6.29 Å². The lowest BCUT2D eigenvalue weighted by molar-refractivity contribution is 0.111. The molecule has 0 aromatic carbocycles. The minimum absolute atomic E-state index is 0.531. The van der Waals surface area contributed by atoms with Crippen LogP contribution in [0, 0.1) is 0 Å². The lowest BCUT2D eigenvalue weighted by Gasteiger charge is -2.13. The highest BCUT2D eigenvalue weighted by molar-refractivity contribution is 5.74. The van der Waals surface area contributed by atoms with Crippen molar-refractivity contribution < 1.29 is 4.79 Å². The first kappa shape index (κ1) is 10.2. The van der Waals surface area contributed by atoms with Crippen molar-refractivity contribution in [3.05, 3.63) is 47.0 Å². The van der Waals surface area contributed by atoms with Gasteiger partial charge in [-0.3, -0.25) is 19.8 Å². The van der Waals surface area contributed by atoms with Crippen LogP contribution in [0.15, 0.2) is 24.4 Å². The van der Waals surface area contributed by atoms with Crippen LogP contribution in [0.4, 0.5) is 0 Å². The molecule has 0 unspecified atom stereocenters. The van der Waals surface area contributed by atoms with Crippen LogP contribution < -0.4 is 0 Å². The number of aromatic nitrogens is 3. The molecule has 0 bridgehead atoms. The molecule has 0 spiro atoms. The van der Waals surface area contributed by atoms with E-state index in [2.05, 4.69) is 20.1 Å². The number of pyridine rings is 1. The number of H-pyrrole nitrogens is 1. The maximum Gasteiger partial charge on any atom is 0.170 e. The van der Waals surface area contributed by atoms with Crippen molar-refractivity contribution in [1.29, 1.82) is 0 Å². The van der Waals surface area contributed by atoms with E-state index in [1.165, 1.54) is 0 Å². The highest BCUT2D eigenvalue weighted by Gasteiger charge is 2.24. The van der Waals surface area contributed by atoms with Gasteiger partial charge in [-0.25, -0.2) is 0 Å². The van der Waals surface area contributed by atoms with Gasteiger partial charge in [-0.2, -0.15) is 5.10 Å². The van der Waals surface area contributed by atoms with E-state index in [-0.39, 0.29) is 0 Å². The number of nitrogens with one attached hydrogen (secondary N) is 1. The minimum Gasteiger partial charge on any atom is -0.296 e. The van der Waals surface area contributed by atoms with Gasteiger partial charge in [0.05, 0.1) is 11.4 Å². The normalized spacial score (nSPS) is 14.8. The number of hydrogen-bond acceptors (Lipinski definition) is 4. The summed E-state index contributed by atoms with van der Waals surface area (Å²) in [6.45, 7) is 2.35. The van der Waals surface area contributed by atoms with Crippen molar-refractivity contribution in [1.82, 2.24) is 20.1 Å². The lowest BCUT2D eigenvalue weighted by Crippen LogP contribution is -2.17. The Labute approximate surface area is 98.5 Å². The highest BCUT2D eigenvalue weighted by atomic mass is 16.1. The quantitative estimate of drug-likeness (QED) is 0.800. The first-order chi connectivity index (χ1) is 8.36. The SMILES string of the molecule is O=Cc1n[nH]c2c1CN(Cc1ccccn1)C2. The highest BCUT2D eigenvalue weighted by Crippen LogP contribution is 2.23. The molecule has 1 aliphatic rings. The van der Waals surface area contributed by atoms with Gasteiger partial charge < -0.3 is 0 Å². The molecule has 1 aliphatic heterocycles. The molecule has 0 aliphatic carbocycles. The third-order valence-electron chi connectivity index (χ3n) is 2.97. The number of carbonyl (C=O) groups excluding carboxylic acids is 1. The van der Waals surface area contributed by atoms with Gasteiger partial charge in [0, 0.05) is 31.4 Å². The Morgan fingerprint density at radius 3 is 3.12 bits per heavy atom. The predicted octanol–water partition coefficient (Wildman–Crippen LogP) is 1.13. The van der Waals surface area contributed by atoms with Gasteiger partial charge in [0.2, 0.25) is 0 Å². The molecule has 5 nitrogen and oxygen atoms in total. The molecule has 3 heterocycles. The number of rotatable bonds is 3. The second-order valence-corrected chi connectivity index (χ2v) is 4.15. The maximum absolute atomic E-state index is 10.8. The van der Waals surface area contributed by atoms with Gasteiger partial charge in [-0.15, -0.1) is 0 Å². The van der Waals surface area contributed by atoms with Crippen LogP contribution in [-0.2, 0) is 19.6 Å². The van der Waals surface area contributed by atoms with Gasteiger partial charge in [-0.1, -0.05) is 6.07 Å². The summed E-state index contributed by atoms with van der Waals surface area (Å²) in [7, 11) is 0. The van der Waals surface area contributed by atoms with E-state index in [9.17, 15) is 4.79 Å². The summed E-state index contributed by atoms with van der Waals surface area (Å²) in [5.41, 5.74) is 3.64. The summed E-state index contributed by atoms with van der Waals surface area (Å²) in [5, 5.41) is 6.87. The second kappa shape index (κ2) is 4.10. The first-order valence-electron chi connectivity index (χ1n) is 5.50. The van der Waals surface area contributed by atoms with Gasteiger partial charge >= 0.3 is 0 Å². The molecule has 5 heteroatoms. The molecule has 0 amide bonds. The monoisotopic (exact) mass is 228 g/mol. The zero-order chi connectivity index (χ0) is 11.7. The Hall–Kier alpha value is -2.01. The molecule has 17 heavy (non-hydrogen) atoms. The molecular formula is C12H12N4O. The largest absolute Gasteiger partial charge is 0.296 e. The predicted molar refractivity (Wildman–Crippen MR) is 61.2 cm³/mol. The average molecular weight is 228 g/mol. The summed E-state index contributed by atoms with van der Waals surface area (Å²) in [6, 6.07) is 5.89. The summed E-state index contributed by atoms with van der Waals surface area (Å²) in [5.74, 6) is 0. The topological polar surface area (TPSA) is 61.9 Å². The van der Waals surface area contributed by atoms with Crippen LogP contribution in [0.5, 0.6) is 0 Å². The third kappa shape index (κ3) is 1.85. The van der Waals surface area contributed by atoms with E-state index < -0.39 is 0 Å². The number of aldehydes is 1. The van der Waals surface area contributed by atoms with Crippen molar-refractivity contribution in [2.24, 2.45) is 0 Å². The van der Waals surface area contributed by atoms with Crippen LogP contribution in [0.3, 0.4) is 0 Å². The Balaban J connectivity index is 1.74. The molecule has 2 aromatic heterocycles. The summed E-state index contributed by atoms with van der Waals surface area (Å²) < 4.78 is 0. The van der Waals surface area contributed by atoms with Crippen molar-refractivity contribution in [2.75, 3.05) is 0 Å². The molecule has 3 rings (SSSR count). The van der Waals surface area contributed by atoms with Crippen LogP contribution in [-0.4, -0.2) is 26.4 Å². The zero-order valence-corrected chi connectivity index (χ0v) is 9.26. The fourth-order valence-corrected chi connectivity index (χ4v) is 2.16. The van der Waals surface area contributed by atoms with E-state index in [0.29, 0.717) is 5.69 Å². The van der Waals surface area contributed by atoms with E-state index in [0.717, 1.165) is 42.9 Å². The summed E-state index contributed by atoms with van der Waals surface area (Å²) in [6.07, 6.45) is 2.60. The van der Waals surface area contributed by atoms with Gasteiger partial charge in [-0.05, 0) is 12.1 Å². The lowest BCUT2D eigenvalue weighted by atomic mass is 10.2. The van der Waals surface area contributed by atoms with Crippen LogP contribution >= 0.6 is 0 Å². The van der Waals surface area contributed by atoms with Crippen LogP contribution in [0.2, 0.25) is 0 Å². The molecule has 2 aromatic rings. The van der Waals surface area contributed by atoms with Crippen molar-refractivity contribution in [3.8, 4) is 0 Å². The minimum atomic E-state index is 0.531. The third-order valence-corrected chi connectivity index (χ3v) is 2.97. The zero-order valence-electron chi connectivity index (χ0n) is 9.26. The Morgan fingerprint density at radius 1 is 1.41 bits per heavy atom. The van der Waals surface area contributed by atoms with Gasteiger partial charge in [0.25, 0.3) is 0 Å². The number of hydrogen-bond donors (Lipinski definition) is 1. The number of carbonyl (C=O) groups is 1. The van der Waals surface area contributed by atoms with E-state index in [1.54, 1.807) is 6.20 Å². The molecule has 0 saturated carbocycles. The fourth-order valence-electron chi connectivity index (χ4n) is 2.16. The molecule has 0 fully saturated rings. The molecule has 86 valence electrons. The van der Waals surface area contributed by atoms with Crippen molar-refractivity contribution in [3.63, 3.8) is 0 Å². The Morgan fingerprint density at radius 2 is 2.35 bits per heavy atom. The maximum atomic E-state index is 10.8. The fraction of sp³-hybridized carbons (Fsp3) is 0.250. The van der Waals surface area contributed by atoms with E-state index in [4.69, 9.17) is 0 Å². The number of fused-ring (bicyclic) bond motifs is 1. The number of aromatic amines is 1. The van der Waals surface area contributed by atoms with Gasteiger partial charge in [0.15, 0.2) is 6.29 Å². The average Bonchev–Trinajstić information content (AvgIpc) is 2.89. The van der Waals surface area contributed by atoms with Gasteiger partial charge in [0.1, 0.15) is 5.69 Å². The first-order valence-corrected chi connectivity index (χ1v) is 5.50. The van der Waals surface area contributed by atoms with E-state index in [1.807, 2.05) is 18.2 Å². The summed E-state index contributed by atoms with van der Waals surface area (Å²) >= 11 is 0. The smallest absolute Gasteiger partial charge is 0.170 e. The van der Waals surface area contributed by atoms with E-state index >= 15 is 0 Å². The van der Waals surface area contributed by atoms with Crippen LogP contribution in [0.25, 0.3) is 0 Å². The molecule has 0 radical (unpaired) electrons. The molecule has 0 saturated heterocycles. The number of nitrogens with zero attached hydrogens (tertiary/aromatic N) is 3. The second-order valence-electron chi connectivity index (χ2n) is 4.15. The standard InChI is InChI=1S/C12H12N4O/c17-8-12-10-6-16(7-11(10)14-15-12)5-9-3-1-2-4-13-9/h1-4,8H,5-7H2,(H,14,15). The molecular weight excluding hydrogens is 216 g/mol. The Kier molecular flexibility index (Phi) is 2.45. The molecule has 0 atom stereocenters. The summed E-state index contributed by atoms with van der Waals surface area (Å²) in [4.78, 5) is 17.3. The van der Waals surface area contributed by atoms with Crippen LogP contribution in [0.1, 0.15) is 27.4 Å².